The van der Waals surface area contributed by atoms with E-state index in [4.69, 9.17) is 0 Å². The fourth-order valence-corrected chi connectivity index (χ4v) is 6.62. The molecule has 0 spiro atoms. The van der Waals surface area contributed by atoms with Crippen molar-refractivity contribution in [3.8, 4) is 0 Å². The lowest BCUT2D eigenvalue weighted by atomic mass is 9.48. The quantitative estimate of drug-likeness (QED) is 0.902. The van der Waals surface area contributed by atoms with Crippen molar-refractivity contribution in [2.75, 3.05) is 7.05 Å². The standard InChI is InChI=1S/C16H25BrN4/c1-18-13(14-15(17)19-20-21(14)2)9-16-6-10-3-11(7-16)5-12(4-10)8-16/h10-13,18H,3-9H2,1-2H3. The normalized spacial score (nSPS) is 38.9. The first-order valence-electron chi connectivity index (χ1n) is 8.31. The molecule has 0 aromatic carbocycles. The van der Waals surface area contributed by atoms with E-state index in [0.29, 0.717) is 11.5 Å². The Hall–Kier alpha value is -0.420. The van der Waals surface area contributed by atoms with Crippen LogP contribution in [0.15, 0.2) is 4.60 Å². The zero-order chi connectivity index (χ0) is 14.6. The van der Waals surface area contributed by atoms with E-state index >= 15 is 0 Å². The molecular formula is C16H25BrN4. The molecule has 4 aliphatic rings. The van der Waals surface area contributed by atoms with E-state index in [2.05, 4.69) is 38.6 Å². The minimum absolute atomic E-state index is 0.357. The lowest BCUT2D eigenvalue weighted by Gasteiger charge is -2.57. The molecule has 4 fully saturated rings. The molecule has 4 aliphatic carbocycles. The summed E-state index contributed by atoms with van der Waals surface area (Å²) in [4.78, 5) is 0. The molecule has 1 N–H and O–H groups in total. The van der Waals surface area contributed by atoms with Gasteiger partial charge in [-0.15, -0.1) is 5.10 Å². The second-order valence-corrected chi connectivity index (χ2v) is 8.60. The number of aryl methyl sites for hydroxylation is 1. The van der Waals surface area contributed by atoms with Crippen molar-refractivity contribution < 1.29 is 0 Å². The number of nitrogens with zero attached hydrogens (tertiary/aromatic N) is 3. The maximum atomic E-state index is 4.17. The van der Waals surface area contributed by atoms with Gasteiger partial charge in [0.15, 0.2) is 4.60 Å². The molecule has 5 heteroatoms. The zero-order valence-corrected chi connectivity index (χ0v) is 14.6. The number of nitrogens with one attached hydrogen (secondary N) is 1. The Labute approximate surface area is 135 Å². The third-order valence-electron chi connectivity index (χ3n) is 6.31. The SMILES string of the molecule is CNC(CC12CC3CC(CC(C3)C1)C2)c1c(Br)nnn1C. The molecule has 1 atom stereocenters. The van der Waals surface area contributed by atoms with Crippen LogP contribution in [0.3, 0.4) is 0 Å². The van der Waals surface area contributed by atoms with E-state index < -0.39 is 0 Å². The summed E-state index contributed by atoms with van der Waals surface area (Å²) in [6.45, 7) is 0. The van der Waals surface area contributed by atoms with Crippen LogP contribution in [0.1, 0.15) is 56.7 Å². The predicted octanol–water partition coefficient (Wildman–Crippen LogP) is 3.44. The average Bonchev–Trinajstić information content (AvgIpc) is 2.74. The molecule has 4 nitrogen and oxygen atoms in total. The van der Waals surface area contributed by atoms with Gasteiger partial charge in [-0.3, -0.25) is 0 Å². The molecule has 4 bridgehead atoms. The Morgan fingerprint density at radius 1 is 1.24 bits per heavy atom. The molecular weight excluding hydrogens is 328 g/mol. The molecule has 4 saturated carbocycles. The summed E-state index contributed by atoms with van der Waals surface area (Å²) in [6, 6.07) is 0.357. The smallest absolute Gasteiger partial charge is 0.153 e. The number of halogens is 1. The Kier molecular flexibility index (Phi) is 3.41. The Bertz CT molecular complexity index is 484. The predicted molar refractivity (Wildman–Crippen MR) is 85.7 cm³/mol. The molecule has 116 valence electrons. The van der Waals surface area contributed by atoms with Crippen LogP contribution >= 0.6 is 15.9 Å². The second-order valence-electron chi connectivity index (χ2n) is 7.85. The maximum Gasteiger partial charge on any atom is 0.153 e. The highest BCUT2D eigenvalue weighted by atomic mass is 79.9. The van der Waals surface area contributed by atoms with Gasteiger partial charge in [0.1, 0.15) is 0 Å². The summed E-state index contributed by atoms with van der Waals surface area (Å²) >= 11 is 3.57. The van der Waals surface area contributed by atoms with Gasteiger partial charge in [-0.25, -0.2) is 4.68 Å². The van der Waals surface area contributed by atoms with E-state index in [9.17, 15) is 0 Å². The first-order chi connectivity index (χ1) is 10.1. The van der Waals surface area contributed by atoms with Gasteiger partial charge in [0.05, 0.1) is 11.7 Å². The van der Waals surface area contributed by atoms with Gasteiger partial charge in [0, 0.05) is 7.05 Å². The Morgan fingerprint density at radius 3 is 2.24 bits per heavy atom. The Morgan fingerprint density at radius 2 is 1.81 bits per heavy atom. The molecule has 1 unspecified atom stereocenters. The maximum absolute atomic E-state index is 4.17. The van der Waals surface area contributed by atoms with Crippen molar-refractivity contribution >= 4 is 15.9 Å². The molecule has 1 aromatic heterocycles. The molecule has 21 heavy (non-hydrogen) atoms. The molecule has 1 aromatic rings. The van der Waals surface area contributed by atoms with E-state index in [-0.39, 0.29) is 0 Å². The number of hydrogen-bond donors (Lipinski definition) is 1. The molecule has 5 rings (SSSR count). The number of rotatable bonds is 4. The molecule has 0 saturated heterocycles. The third kappa shape index (κ3) is 2.37. The molecule has 0 aliphatic heterocycles. The minimum Gasteiger partial charge on any atom is -0.312 e. The first kappa shape index (κ1) is 14.2. The van der Waals surface area contributed by atoms with Gasteiger partial charge in [-0.2, -0.15) is 0 Å². The summed E-state index contributed by atoms with van der Waals surface area (Å²) in [5, 5.41) is 11.9. The van der Waals surface area contributed by atoms with Gasteiger partial charge in [-0.05, 0) is 91.1 Å². The average molecular weight is 353 g/mol. The van der Waals surface area contributed by atoms with Crippen LogP contribution < -0.4 is 5.32 Å². The van der Waals surface area contributed by atoms with Crippen molar-refractivity contribution in [1.82, 2.24) is 20.3 Å². The lowest BCUT2D eigenvalue weighted by molar-refractivity contribution is -0.0623. The monoisotopic (exact) mass is 352 g/mol. The van der Waals surface area contributed by atoms with Crippen LogP contribution in [0, 0.1) is 23.2 Å². The van der Waals surface area contributed by atoms with Crippen molar-refractivity contribution in [3.63, 3.8) is 0 Å². The van der Waals surface area contributed by atoms with Crippen LogP contribution in [0.25, 0.3) is 0 Å². The largest absolute Gasteiger partial charge is 0.312 e. The molecule has 1 heterocycles. The van der Waals surface area contributed by atoms with E-state index in [1.165, 1.54) is 50.6 Å². The van der Waals surface area contributed by atoms with Crippen molar-refractivity contribution in [2.24, 2.45) is 30.2 Å². The van der Waals surface area contributed by atoms with Gasteiger partial charge in [0.2, 0.25) is 0 Å². The van der Waals surface area contributed by atoms with Crippen LogP contribution in [0.5, 0.6) is 0 Å². The second kappa shape index (κ2) is 5.05. The summed E-state index contributed by atoms with van der Waals surface area (Å²) in [5.41, 5.74) is 1.78. The summed E-state index contributed by atoms with van der Waals surface area (Å²) in [7, 11) is 4.07. The van der Waals surface area contributed by atoms with E-state index in [1.807, 2.05) is 11.7 Å². The van der Waals surface area contributed by atoms with Gasteiger partial charge in [0.25, 0.3) is 0 Å². The third-order valence-corrected chi connectivity index (χ3v) is 6.87. The zero-order valence-electron chi connectivity index (χ0n) is 13.0. The fraction of sp³-hybridized carbons (Fsp3) is 0.875. The fourth-order valence-electron chi connectivity index (χ4n) is 6.02. The van der Waals surface area contributed by atoms with E-state index in [0.717, 1.165) is 22.4 Å². The van der Waals surface area contributed by atoms with E-state index in [1.54, 1.807) is 0 Å². The summed E-state index contributed by atoms with van der Waals surface area (Å²) < 4.78 is 2.82. The van der Waals surface area contributed by atoms with Crippen LogP contribution in [-0.2, 0) is 7.05 Å². The van der Waals surface area contributed by atoms with Crippen molar-refractivity contribution in [1.29, 1.82) is 0 Å². The first-order valence-corrected chi connectivity index (χ1v) is 9.10. The minimum atomic E-state index is 0.357. The van der Waals surface area contributed by atoms with Crippen molar-refractivity contribution in [3.05, 3.63) is 10.3 Å². The molecule has 0 amide bonds. The number of aromatic nitrogens is 3. The van der Waals surface area contributed by atoms with Crippen LogP contribution in [-0.4, -0.2) is 22.0 Å². The topological polar surface area (TPSA) is 42.7 Å². The Balaban J connectivity index is 1.59. The van der Waals surface area contributed by atoms with Gasteiger partial charge < -0.3 is 5.32 Å². The van der Waals surface area contributed by atoms with Crippen LogP contribution in [0.4, 0.5) is 0 Å². The molecule has 0 radical (unpaired) electrons. The summed E-state index contributed by atoms with van der Waals surface area (Å²) in [6.07, 6.45) is 10.2. The highest BCUT2D eigenvalue weighted by Gasteiger charge is 2.51. The van der Waals surface area contributed by atoms with Crippen LogP contribution in [0.2, 0.25) is 0 Å². The highest BCUT2D eigenvalue weighted by molar-refractivity contribution is 9.10. The highest BCUT2D eigenvalue weighted by Crippen LogP contribution is 2.62. The van der Waals surface area contributed by atoms with Gasteiger partial charge in [-0.1, -0.05) is 5.21 Å². The van der Waals surface area contributed by atoms with Gasteiger partial charge >= 0.3 is 0 Å². The summed E-state index contributed by atoms with van der Waals surface area (Å²) in [5.74, 6) is 3.05. The van der Waals surface area contributed by atoms with Crippen molar-refractivity contribution in [2.45, 2.75) is 51.0 Å². The lowest BCUT2D eigenvalue weighted by Crippen LogP contribution is -2.47. The number of hydrogen-bond acceptors (Lipinski definition) is 3.